The molecule has 2 amide bonds. The van der Waals surface area contributed by atoms with Crippen LogP contribution in [0.15, 0.2) is 42.9 Å². The van der Waals surface area contributed by atoms with Crippen molar-refractivity contribution in [2.75, 3.05) is 18.4 Å². The quantitative estimate of drug-likeness (QED) is 0.945. The van der Waals surface area contributed by atoms with E-state index in [2.05, 4.69) is 15.3 Å². The van der Waals surface area contributed by atoms with E-state index in [1.54, 1.807) is 47.8 Å². The summed E-state index contributed by atoms with van der Waals surface area (Å²) in [5, 5.41) is 3.41. The van der Waals surface area contributed by atoms with Crippen LogP contribution in [0.2, 0.25) is 5.02 Å². The van der Waals surface area contributed by atoms with Crippen LogP contribution in [0.3, 0.4) is 0 Å². The highest BCUT2D eigenvalue weighted by Crippen LogP contribution is 2.18. The second kappa shape index (κ2) is 6.62. The van der Waals surface area contributed by atoms with Crippen molar-refractivity contribution in [2.24, 2.45) is 0 Å². The van der Waals surface area contributed by atoms with E-state index in [0.29, 0.717) is 29.7 Å². The molecular weight excluding hydrogens is 304 g/mol. The van der Waals surface area contributed by atoms with Gasteiger partial charge in [0.1, 0.15) is 6.10 Å². The molecule has 1 fully saturated rings. The van der Waals surface area contributed by atoms with Crippen molar-refractivity contribution in [3.8, 4) is 5.88 Å². The third kappa shape index (κ3) is 3.65. The first-order valence-electron chi connectivity index (χ1n) is 6.95. The monoisotopic (exact) mass is 318 g/mol. The Labute approximate surface area is 133 Å². The molecule has 22 heavy (non-hydrogen) atoms. The zero-order chi connectivity index (χ0) is 15.4. The lowest BCUT2D eigenvalue weighted by Crippen LogP contribution is -2.34. The van der Waals surface area contributed by atoms with Crippen molar-refractivity contribution in [2.45, 2.75) is 12.5 Å². The highest BCUT2D eigenvalue weighted by molar-refractivity contribution is 6.30. The SMILES string of the molecule is O=C(Nc1cccc(Cl)c1)N1CCC(Oc2cnccn2)C1. The van der Waals surface area contributed by atoms with Crippen molar-refractivity contribution in [1.29, 1.82) is 0 Å². The van der Waals surface area contributed by atoms with E-state index in [1.807, 2.05) is 0 Å². The lowest BCUT2D eigenvalue weighted by atomic mass is 10.3. The number of hydrogen-bond donors (Lipinski definition) is 1. The van der Waals surface area contributed by atoms with Gasteiger partial charge in [-0.15, -0.1) is 0 Å². The number of nitrogens with one attached hydrogen (secondary N) is 1. The molecule has 0 bridgehead atoms. The smallest absolute Gasteiger partial charge is 0.321 e. The van der Waals surface area contributed by atoms with Gasteiger partial charge in [0, 0.05) is 36.1 Å². The Morgan fingerprint density at radius 1 is 1.41 bits per heavy atom. The average Bonchev–Trinajstić information content (AvgIpc) is 2.97. The summed E-state index contributed by atoms with van der Waals surface area (Å²) in [5.41, 5.74) is 0.677. The highest BCUT2D eigenvalue weighted by Gasteiger charge is 2.28. The lowest BCUT2D eigenvalue weighted by molar-refractivity contribution is 0.189. The zero-order valence-electron chi connectivity index (χ0n) is 11.8. The minimum absolute atomic E-state index is 0.0678. The van der Waals surface area contributed by atoms with E-state index >= 15 is 0 Å². The van der Waals surface area contributed by atoms with Gasteiger partial charge in [-0.05, 0) is 18.2 Å². The number of nitrogens with zero attached hydrogens (tertiary/aromatic N) is 3. The maximum atomic E-state index is 12.2. The van der Waals surface area contributed by atoms with E-state index in [1.165, 1.54) is 0 Å². The standard InChI is InChI=1S/C15H15ClN4O2/c16-11-2-1-3-12(8-11)19-15(21)20-7-4-13(10-20)22-14-9-17-5-6-18-14/h1-3,5-6,8-9,13H,4,7,10H2,(H,19,21). The lowest BCUT2D eigenvalue weighted by Gasteiger charge is -2.17. The number of benzene rings is 1. The molecule has 3 rings (SSSR count). The molecule has 2 heterocycles. The summed E-state index contributed by atoms with van der Waals surface area (Å²) in [7, 11) is 0. The predicted octanol–water partition coefficient (Wildman–Crippen LogP) is 2.82. The topological polar surface area (TPSA) is 67.4 Å². The zero-order valence-corrected chi connectivity index (χ0v) is 12.5. The Balaban J connectivity index is 1.55. The molecule has 0 spiro atoms. The van der Waals surface area contributed by atoms with Gasteiger partial charge in [0.25, 0.3) is 0 Å². The van der Waals surface area contributed by atoms with Gasteiger partial charge in [-0.1, -0.05) is 17.7 Å². The molecule has 1 aliphatic rings. The van der Waals surface area contributed by atoms with Crippen LogP contribution in [0.1, 0.15) is 6.42 Å². The Kier molecular flexibility index (Phi) is 4.39. The van der Waals surface area contributed by atoms with Gasteiger partial charge < -0.3 is 15.0 Å². The number of urea groups is 1. The van der Waals surface area contributed by atoms with Crippen molar-refractivity contribution in [1.82, 2.24) is 14.9 Å². The number of hydrogen-bond acceptors (Lipinski definition) is 4. The first-order valence-corrected chi connectivity index (χ1v) is 7.33. The summed E-state index contributed by atoms with van der Waals surface area (Å²) < 4.78 is 5.71. The molecule has 1 saturated heterocycles. The molecular formula is C15H15ClN4O2. The molecule has 1 aromatic carbocycles. The van der Waals surface area contributed by atoms with Crippen molar-refractivity contribution >= 4 is 23.3 Å². The Hall–Kier alpha value is -2.34. The molecule has 7 heteroatoms. The van der Waals surface area contributed by atoms with Crippen LogP contribution in [0.4, 0.5) is 10.5 Å². The Morgan fingerprint density at radius 3 is 3.09 bits per heavy atom. The third-order valence-corrected chi connectivity index (χ3v) is 3.57. The Bertz CT molecular complexity index is 653. The molecule has 1 atom stereocenters. The fourth-order valence-electron chi connectivity index (χ4n) is 2.29. The largest absolute Gasteiger partial charge is 0.471 e. The first kappa shape index (κ1) is 14.6. The van der Waals surface area contributed by atoms with Gasteiger partial charge in [-0.2, -0.15) is 0 Å². The van der Waals surface area contributed by atoms with Crippen LogP contribution < -0.4 is 10.1 Å². The molecule has 0 aliphatic carbocycles. The van der Waals surface area contributed by atoms with E-state index in [9.17, 15) is 4.79 Å². The minimum atomic E-state index is -0.160. The van der Waals surface area contributed by atoms with Crippen LogP contribution in [0.5, 0.6) is 5.88 Å². The number of ether oxygens (including phenoxy) is 1. The molecule has 1 unspecified atom stereocenters. The van der Waals surface area contributed by atoms with E-state index in [4.69, 9.17) is 16.3 Å². The predicted molar refractivity (Wildman–Crippen MR) is 83.1 cm³/mol. The Morgan fingerprint density at radius 2 is 2.32 bits per heavy atom. The van der Waals surface area contributed by atoms with Gasteiger partial charge in [0.05, 0.1) is 12.7 Å². The van der Waals surface area contributed by atoms with Crippen molar-refractivity contribution < 1.29 is 9.53 Å². The summed E-state index contributed by atoms with van der Waals surface area (Å²) in [4.78, 5) is 21.9. The number of halogens is 1. The summed E-state index contributed by atoms with van der Waals surface area (Å²) in [6, 6.07) is 6.91. The van der Waals surface area contributed by atoms with E-state index in [-0.39, 0.29) is 12.1 Å². The highest BCUT2D eigenvalue weighted by atomic mass is 35.5. The van der Waals surface area contributed by atoms with Crippen molar-refractivity contribution in [3.05, 3.63) is 47.9 Å². The number of carbonyl (C=O) groups excluding carboxylic acids is 1. The summed E-state index contributed by atoms with van der Waals surface area (Å²) >= 11 is 5.90. The van der Waals surface area contributed by atoms with Gasteiger partial charge in [-0.25, -0.2) is 9.78 Å². The molecule has 1 aliphatic heterocycles. The molecule has 0 saturated carbocycles. The number of carbonyl (C=O) groups is 1. The number of anilines is 1. The average molecular weight is 319 g/mol. The second-order valence-electron chi connectivity index (χ2n) is 4.96. The third-order valence-electron chi connectivity index (χ3n) is 3.34. The number of likely N-dealkylation sites (tertiary alicyclic amines) is 1. The fraction of sp³-hybridized carbons (Fsp3) is 0.267. The summed E-state index contributed by atoms with van der Waals surface area (Å²) in [5.74, 6) is 0.476. The second-order valence-corrected chi connectivity index (χ2v) is 5.40. The van der Waals surface area contributed by atoms with Crippen molar-refractivity contribution in [3.63, 3.8) is 0 Å². The maximum Gasteiger partial charge on any atom is 0.321 e. The van der Waals surface area contributed by atoms with Gasteiger partial charge >= 0.3 is 6.03 Å². The molecule has 1 N–H and O–H groups in total. The van der Waals surface area contributed by atoms with Crippen LogP contribution in [0.25, 0.3) is 0 Å². The van der Waals surface area contributed by atoms with Gasteiger partial charge in [0.15, 0.2) is 0 Å². The van der Waals surface area contributed by atoms with Gasteiger partial charge in [0.2, 0.25) is 5.88 Å². The van der Waals surface area contributed by atoms with E-state index in [0.717, 1.165) is 6.42 Å². The summed E-state index contributed by atoms with van der Waals surface area (Å²) in [6.45, 7) is 1.15. The molecule has 1 aromatic heterocycles. The fourth-order valence-corrected chi connectivity index (χ4v) is 2.48. The number of amides is 2. The van der Waals surface area contributed by atoms with Crippen LogP contribution in [-0.4, -0.2) is 40.1 Å². The minimum Gasteiger partial charge on any atom is -0.471 e. The molecule has 2 aromatic rings. The number of aromatic nitrogens is 2. The molecule has 6 nitrogen and oxygen atoms in total. The summed E-state index contributed by atoms with van der Waals surface area (Å²) in [6.07, 6.45) is 5.43. The first-order chi connectivity index (χ1) is 10.7. The molecule has 0 radical (unpaired) electrons. The molecule has 114 valence electrons. The normalized spacial score (nSPS) is 17.3. The number of rotatable bonds is 3. The van der Waals surface area contributed by atoms with Crippen LogP contribution in [0, 0.1) is 0 Å². The van der Waals surface area contributed by atoms with Gasteiger partial charge in [-0.3, -0.25) is 4.98 Å². The van der Waals surface area contributed by atoms with E-state index < -0.39 is 0 Å². The van der Waals surface area contributed by atoms with Crippen LogP contribution in [-0.2, 0) is 0 Å². The maximum absolute atomic E-state index is 12.2. The van der Waals surface area contributed by atoms with Crippen LogP contribution >= 0.6 is 11.6 Å².